The predicted octanol–water partition coefficient (Wildman–Crippen LogP) is 2.61. The summed E-state index contributed by atoms with van der Waals surface area (Å²) in [5.41, 5.74) is 0.294. The van der Waals surface area contributed by atoms with Crippen LogP contribution >= 0.6 is 0 Å². The Kier molecular flexibility index (Phi) is 2.48. The van der Waals surface area contributed by atoms with Crippen molar-refractivity contribution in [2.75, 3.05) is 0 Å². The molecule has 1 saturated carbocycles. The molecule has 0 bridgehead atoms. The van der Waals surface area contributed by atoms with Crippen LogP contribution in [0, 0.1) is 10.8 Å². The average Bonchev–Trinajstić information content (AvgIpc) is 1.83. The fraction of sp³-hybridized carbons (Fsp3) is 0.900. The molecule has 0 aromatic rings. The number of rotatable bonds is 0. The first-order valence-corrected chi connectivity index (χ1v) is 5.32. The molecule has 70 valence electrons. The van der Waals surface area contributed by atoms with Gasteiger partial charge in [-0.2, -0.15) is 0 Å². The van der Waals surface area contributed by atoms with Gasteiger partial charge < -0.3 is 0 Å². The van der Waals surface area contributed by atoms with E-state index in [1.165, 1.54) is 19.3 Å². The summed E-state index contributed by atoms with van der Waals surface area (Å²) in [6, 6.07) is 0. The highest BCUT2D eigenvalue weighted by molar-refractivity contribution is 7.66. The Morgan fingerprint density at radius 2 is 1.50 bits per heavy atom. The molecule has 2 heteroatoms. The van der Waals surface area contributed by atoms with Crippen LogP contribution in [0.1, 0.15) is 47.0 Å². The molecule has 1 nitrogen and oxygen atoms in total. The Bertz CT molecular complexity index is 216. The predicted molar refractivity (Wildman–Crippen MR) is 54.6 cm³/mol. The molecule has 0 heterocycles. The molecule has 12 heavy (non-hydrogen) atoms. The molecule has 0 N–H and O–H groups in total. The minimum atomic E-state index is 0.147. The van der Waals surface area contributed by atoms with Crippen LogP contribution in [-0.4, -0.2) is 9.07 Å². The van der Waals surface area contributed by atoms with Gasteiger partial charge in [0.2, 0.25) is 0 Å². The van der Waals surface area contributed by atoms with E-state index in [4.69, 9.17) is 0 Å². The van der Waals surface area contributed by atoms with Crippen LogP contribution in [0.3, 0.4) is 0 Å². The maximum atomic E-state index is 11.0. The molecule has 0 amide bonds. The summed E-state index contributed by atoms with van der Waals surface area (Å²) in [4.78, 5) is 1.14. The third-order valence-electron chi connectivity index (χ3n) is 2.92. The normalized spacial score (nSPS) is 26.8. The number of hydrogen-bond acceptors (Lipinski definition) is 1. The van der Waals surface area contributed by atoms with E-state index in [2.05, 4.69) is 27.7 Å². The largest absolute Gasteiger partial charge is 0.212 e. The van der Waals surface area contributed by atoms with Crippen LogP contribution < -0.4 is 0 Å². The Labute approximate surface area is 78.6 Å². The molecular weight excluding hydrogens is 168 g/mol. The lowest BCUT2D eigenvalue weighted by molar-refractivity contribution is 0.310. The topological polar surface area (TPSA) is 17.1 Å². The molecular formula is C10H18OS. The van der Waals surface area contributed by atoms with Gasteiger partial charge in [0.15, 0.2) is 0 Å². The maximum absolute atomic E-state index is 11.0. The van der Waals surface area contributed by atoms with Crippen molar-refractivity contribution in [3.8, 4) is 0 Å². The second kappa shape index (κ2) is 2.99. The zero-order chi connectivity index (χ0) is 9.41. The Balaban J connectivity index is 3.06. The summed E-state index contributed by atoms with van der Waals surface area (Å²) in [5, 5.41) is 0. The molecule has 1 fully saturated rings. The standard InChI is InChI=1S/C10H18OS/c1-9(2)6-5-7-10(3,4)8(9)12-11/h5-7H2,1-4H3. The van der Waals surface area contributed by atoms with E-state index in [-0.39, 0.29) is 10.8 Å². The van der Waals surface area contributed by atoms with Crippen LogP contribution in [0.5, 0.6) is 0 Å². The van der Waals surface area contributed by atoms with E-state index in [1.807, 2.05) is 0 Å². The van der Waals surface area contributed by atoms with Crippen molar-refractivity contribution in [1.29, 1.82) is 0 Å². The molecule has 0 unspecified atom stereocenters. The summed E-state index contributed by atoms with van der Waals surface area (Å²) in [7, 11) is 0. The van der Waals surface area contributed by atoms with Gasteiger partial charge in [-0.3, -0.25) is 0 Å². The first-order chi connectivity index (χ1) is 5.40. The highest BCUT2D eigenvalue weighted by Gasteiger charge is 2.39. The average molecular weight is 186 g/mol. The molecule has 0 aromatic carbocycles. The maximum Gasteiger partial charge on any atom is 0.0887 e. The second-order valence-electron chi connectivity index (χ2n) is 5.03. The molecule has 0 aromatic heterocycles. The molecule has 0 radical (unpaired) electrons. The fourth-order valence-electron chi connectivity index (χ4n) is 2.34. The molecule has 1 aliphatic rings. The van der Waals surface area contributed by atoms with Crippen LogP contribution in [0.2, 0.25) is 0 Å². The van der Waals surface area contributed by atoms with E-state index in [1.54, 1.807) is 0 Å². The molecule has 0 atom stereocenters. The summed E-state index contributed by atoms with van der Waals surface area (Å²) in [6.45, 7) is 8.75. The van der Waals surface area contributed by atoms with E-state index in [9.17, 15) is 4.21 Å². The molecule has 1 rings (SSSR count). The SMILES string of the molecule is CC1(C)CCCC(C)(C)C1=S=O. The summed E-state index contributed by atoms with van der Waals surface area (Å²) in [6.07, 6.45) is 3.59. The van der Waals surface area contributed by atoms with Gasteiger partial charge in [-0.05, 0) is 23.7 Å². The quantitative estimate of drug-likeness (QED) is 0.531. The lowest BCUT2D eigenvalue weighted by Gasteiger charge is -2.41. The zero-order valence-electron chi connectivity index (χ0n) is 8.44. The molecule has 0 spiro atoms. The third kappa shape index (κ3) is 1.63. The molecule has 0 saturated heterocycles. The number of hydrogen-bond donors (Lipinski definition) is 0. The van der Waals surface area contributed by atoms with E-state index in [0.29, 0.717) is 0 Å². The van der Waals surface area contributed by atoms with E-state index in [0.717, 1.165) is 16.1 Å². The van der Waals surface area contributed by atoms with Gasteiger partial charge in [0, 0.05) is 4.86 Å². The van der Waals surface area contributed by atoms with Crippen LogP contribution in [0.15, 0.2) is 0 Å². The van der Waals surface area contributed by atoms with Crippen molar-refractivity contribution in [3.63, 3.8) is 0 Å². The third-order valence-corrected chi connectivity index (χ3v) is 4.19. The second-order valence-corrected chi connectivity index (χ2v) is 5.61. The first kappa shape index (κ1) is 9.97. The fourth-order valence-corrected chi connectivity index (χ4v) is 3.00. The van der Waals surface area contributed by atoms with Gasteiger partial charge in [-0.1, -0.05) is 34.1 Å². The summed E-state index contributed by atoms with van der Waals surface area (Å²) >= 11 is 0.726. The summed E-state index contributed by atoms with van der Waals surface area (Å²) < 4.78 is 11.0. The van der Waals surface area contributed by atoms with Crippen molar-refractivity contribution in [2.24, 2.45) is 10.8 Å². The Hall–Kier alpha value is -0.110. The van der Waals surface area contributed by atoms with Gasteiger partial charge in [0.1, 0.15) is 0 Å². The van der Waals surface area contributed by atoms with Gasteiger partial charge >= 0.3 is 0 Å². The van der Waals surface area contributed by atoms with Crippen molar-refractivity contribution in [1.82, 2.24) is 0 Å². The highest BCUT2D eigenvalue weighted by Crippen LogP contribution is 2.42. The first-order valence-electron chi connectivity index (χ1n) is 4.58. The van der Waals surface area contributed by atoms with Crippen molar-refractivity contribution < 1.29 is 4.21 Å². The molecule has 0 aliphatic heterocycles. The van der Waals surface area contributed by atoms with Crippen molar-refractivity contribution >= 4 is 16.1 Å². The van der Waals surface area contributed by atoms with Crippen LogP contribution in [0.25, 0.3) is 0 Å². The van der Waals surface area contributed by atoms with Gasteiger partial charge in [0.25, 0.3) is 0 Å². The Morgan fingerprint density at radius 3 is 1.75 bits per heavy atom. The van der Waals surface area contributed by atoms with Crippen molar-refractivity contribution in [3.05, 3.63) is 0 Å². The lowest BCUT2D eigenvalue weighted by Crippen LogP contribution is -2.40. The van der Waals surface area contributed by atoms with Gasteiger partial charge in [-0.15, -0.1) is 0 Å². The van der Waals surface area contributed by atoms with Crippen LogP contribution in [0.4, 0.5) is 0 Å². The minimum Gasteiger partial charge on any atom is -0.212 e. The Morgan fingerprint density at radius 1 is 1.08 bits per heavy atom. The van der Waals surface area contributed by atoms with E-state index < -0.39 is 0 Å². The minimum absolute atomic E-state index is 0.147. The van der Waals surface area contributed by atoms with Crippen LogP contribution in [-0.2, 0) is 11.3 Å². The summed E-state index contributed by atoms with van der Waals surface area (Å²) in [5.74, 6) is 0. The van der Waals surface area contributed by atoms with Gasteiger partial charge in [0.05, 0.1) is 11.3 Å². The smallest absolute Gasteiger partial charge is 0.0887 e. The van der Waals surface area contributed by atoms with Crippen molar-refractivity contribution in [2.45, 2.75) is 47.0 Å². The monoisotopic (exact) mass is 186 g/mol. The van der Waals surface area contributed by atoms with E-state index >= 15 is 0 Å². The highest BCUT2D eigenvalue weighted by atomic mass is 32.1. The molecule has 1 aliphatic carbocycles. The van der Waals surface area contributed by atoms with Gasteiger partial charge in [-0.25, -0.2) is 4.21 Å². The zero-order valence-corrected chi connectivity index (χ0v) is 9.25. The lowest BCUT2D eigenvalue weighted by atomic mass is 9.65.